The number of likely N-dealkylation sites (N-methyl/N-ethyl adjacent to an activating group) is 1. The van der Waals surface area contributed by atoms with Crippen molar-refractivity contribution >= 4 is 5.91 Å². The molecule has 0 saturated carbocycles. The van der Waals surface area contributed by atoms with Crippen LogP contribution in [-0.2, 0) is 17.8 Å². The van der Waals surface area contributed by atoms with Crippen LogP contribution < -0.4 is 0 Å². The van der Waals surface area contributed by atoms with Crippen LogP contribution in [0.4, 0.5) is 0 Å². The molecule has 1 aromatic heterocycles. The van der Waals surface area contributed by atoms with E-state index in [4.69, 9.17) is 4.52 Å². The second kappa shape index (κ2) is 8.84. The van der Waals surface area contributed by atoms with Crippen molar-refractivity contribution in [2.24, 2.45) is 0 Å². The predicted octanol–water partition coefficient (Wildman–Crippen LogP) is 4.08. The minimum Gasteiger partial charge on any atom is -0.361 e. The first-order valence-corrected chi connectivity index (χ1v) is 10.7. The van der Waals surface area contributed by atoms with Crippen LogP contribution in [0.2, 0.25) is 0 Å². The van der Waals surface area contributed by atoms with Crippen LogP contribution >= 0.6 is 0 Å². The molecule has 2 aromatic carbocycles. The van der Waals surface area contributed by atoms with Crippen molar-refractivity contribution in [3.05, 3.63) is 88.8 Å². The van der Waals surface area contributed by atoms with E-state index in [0.29, 0.717) is 13.1 Å². The standard InChI is InChI=1S/C25H29N3O2/c1-4-27(3)25(29)18(2)28-16-15-22-21(17-28)24(26-30-22)23(19-11-7-5-8-12-19)20-13-9-6-10-14-20/h5-14,18,23H,4,15-17H2,1-3H3/t18-/m1/s1. The van der Waals surface area contributed by atoms with Crippen molar-refractivity contribution in [1.82, 2.24) is 15.0 Å². The van der Waals surface area contributed by atoms with Gasteiger partial charge in [-0.25, -0.2) is 0 Å². The Balaban J connectivity index is 1.70. The highest BCUT2D eigenvalue weighted by atomic mass is 16.5. The number of rotatable bonds is 6. The number of hydrogen-bond donors (Lipinski definition) is 0. The molecular formula is C25H29N3O2. The third-order valence-electron chi connectivity index (χ3n) is 6.18. The van der Waals surface area contributed by atoms with Gasteiger partial charge in [0.2, 0.25) is 5.91 Å². The number of benzene rings is 2. The van der Waals surface area contributed by atoms with Crippen molar-refractivity contribution in [2.75, 3.05) is 20.1 Å². The third-order valence-corrected chi connectivity index (χ3v) is 6.18. The van der Waals surface area contributed by atoms with Crippen LogP contribution in [0, 0.1) is 0 Å². The van der Waals surface area contributed by atoms with Gasteiger partial charge in [-0.15, -0.1) is 0 Å². The fourth-order valence-electron chi connectivity index (χ4n) is 4.24. The average molecular weight is 404 g/mol. The smallest absolute Gasteiger partial charge is 0.239 e. The summed E-state index contributed by atoms with van der Waals surface area (Å²) in [5.41, 5.74) is 4.45. The maximum atomic E-state index is 12.7. The van der Waals surface area contributed by atoms with E-state index in [1.165, 1.54) is 11.1 Å². The first-order chi connectivity index (χ1) is 14.6. The molecular weight excluding hydrogens is 374 g/mol. The van der Waals surface area contributed by atoms with E-state index in [-0.39, 0.29) is 17.9 Å². The van der Waals surface area contributed by atoms with Gasteiger partial charge < -0.3 is 9.42 Å². The third kappa shape index (κ3) is 3.90. The van der Waals surface area contributed by atoms with Gasteiger partial charge in [-0.3, -0.25) is 9.69 Å². The Kier molecular flexibility index (Phi) is 6.00. The van der Waals surface area contributed by atoms with Crippen molar-refractivity contribution < 1.29 is 9.32 Å². The molecule has 0 radical (unpaired) electrons. The average Bonchev–Trinajstić information content (AvgIpc) is 3.22. The fraction of sp³-hybridized carbons (Fsp3) is 0.360. The molecule has 156 valence electrons. The normalized spacial score (nSPS) is 15.1. The van der Waals surface area contributed by atoms with Crippen LogP contribution in [-0.4, -0.2) is 47.0 Å². The van der Waals surface area contributed by atoms with Gasteiger partial charge in [-0.1, -0.05) is 65.8 Å². The van der Waals surface area contributed by atoms with Gasteiger partial charge in [0.05, 0.1) is 12.0 Å². The van der Waals surface area contributed by atoms with Crippen LogP contribution in [0.5, 0.6) is 0 Å². The highest BCUT2D eigenvalue weighted by Gasteiger charge is 2.33. The Morgan fingerprint density at radius 3 is 2.27 bits per heavy atom. The minimum atomic E-state index is -0.169. The lowest BCUT2D eigenvalue weighted by molar-refractivity contribution is -0.135. The summed E-state index contributed by atoms with van der Waals surface area (Å²) in [5, 5.41) is 4.54. The molecule has 0 fully saturated rings. The van der Waals surface area contributed by atoms with Crippen molar-refractivity contribution in [3.63, 3.8) is 0 Å². The summed E-state index contributed by atoms with van der Waals surface area (Å²) in [4.78, 5) is 16.8. The monoisotopic (exact) mass is 403 g/mol. The van der Waals surface area contributed by atoms with Gasteiger partial charge in [-0.05, 0) is 25.0 Å². The van der Waals surface area contributed by atoms with Gasteiger partial charge in [-0.2, -0.15) is 0 Å². The molecule has 1 atom stereocenters. The van der Waals surface area contributed by atoms with Crippen LogP contribution in [0.25, 0.3) is 0 Å². The molecule has 0 N–H and O–H groups in total. The molecule has 0 aliphatic carbocycles. The lowest BCUT2D eigenvalue weighted by Gasteiger charge is -2.33. The summed E-state index contributed by atoms with van der Waals surface area (Å²) >= 11 is 0. The first-order valence-electron chi connectivity index (χ1n) is 10.7. The Morgan fingerprint density at radius 1 is 1.10 bits per heavy atom. The van der Waals surface area contributed by atoms with Gasteiger partial charge in [0.1, 0.15) is 11.5 Å². The molecule has 3 aromatic rings. The Morgan fingerprint density at radius 2 is 1.70 bits per heavy atom. The number of nitrogens with zero attached hydrogens (tertiary/aromatic N) is 3. The molecule has 2 heterocycles. The molecule has 1 aliphatic heterocycles. The van der Waals surface area contributed by atoms with E-state index in [1.807, 2.05) is 33.0 Å². The Bertz CT molecular complexity index is 945. The predicted molar refractivity (Wildman–Crippen MR) is 117 cm³/mol. The van der Waals surface area contributed by atoms with Crippen molar-refractivity contribution in [3.8, 4) is 0 Å². The molecule has 0 spiro atoms. The van der Waals surface area contributed by atoms with Crippen LogP contribution in [0.1, 0.15) is 47.9 Å². The second-order valence-corrected chi connectivity index (χ2v) is 7.97. The maximum Gasteiger partial charge on any atom is 0.239 e. The van der Waals surface area contributed by atoms with E-state index in [2.05, 4.69) is 58.6 Å². The Hall–Kier alpha value is -2.92. The molecule has 5 nitrogen and oxygen atoms in total. The summed E-state index contributed by atoms with van der Waals surface area (Å²) in [5.74, 6) is 1.10. The zero-order valence-electron chi connectivity index (χ0n) is 17.9. The lowest BCUT2D eigenvalue weighted by Crippen LogP contribution is -2.47. The molecule has 30 heavy (non-hydrogen) atoms. The fourth-order valence-corrected chi connectivity index (χ4v) is 4.24. The lowest BCUT2D eigenvalue weighted by atomic mass is 9.85. The van der Waals surface area contributed by atoms with E-state index in [0.717, 1.165) is 30.0 Å². The van der Waals surface area contributed by atoms with Gasteiger partial charge >= 0.3 is 0 Å². The van der Waals surface area contributed by atoms with Gasteiger partial charge in [0.25, 0.3) is 0 Å². The van der Waals surface area contributed by atoms with Gasteiger partial charge in [0, 0.05) is 38.7 Å². The summed E-state index contributed by atoms with van der Waals surface area (Å²) in [6.07, 6.45) is 0.770. The largest absolute Gasteiger partial charge is 0.361 e. The molecule has 0 unspecified atom stereocenters. The maximum absolute atomic E-state index is 12.7. The molecule has 0 saturated heterocycles. The highest BCUT2D eigenvalue weighted by Crippen LogP contribution is 2.36. The van der Waals surface area contributed by atoms with Crippen molar-refractivity contribution in [1.29, 1.82) is 0 Å². The van der Waals surface area contributed by atoms with Crippen LogP contribution in [0.15, 0.2) is 65.2 Å². The second-order valence-electron chi connectivity index (χ2n) is 7.97. The molecule has 4 rings (SSSR count). The quantitative estimate of drug-likeness (QED) is 0.622. The summed E-state index contributed by atoms with van der Waals surface area (Å²) in [6, 6.07) is 20.7. The molecule has 5 heteroatoms. The minimum absolute atomic E-state index is 0.00386. The number of hydrogen-bond acceptors (Lipinski definition) is 4. The van der Waals surface area contributed by atoms with E-state index >= 15 is 0 Å². The molecule has 0 bridgehead atoms. The zero-order chi connectivity index (χ0) is 21.1. The zero-order valence-corrected chi connectivity index (χ0v) is 17.9. The number of amides is 1. The van der Waals surface area contributed by atoms with E-state index in [9.17, 15) is 4.79 Å². The number of carbonyl (C=O) groups excluding carboxylic acids is 1. The SMILES string of the molecule is CCN(C)C(=O)[C@@H](C)N1CCc2onc(C(c3ccccc3)c3ccccc3)c2C1. The van der Waals surface area contributed by atoms with Crippen LogP contribution in [0.3, 0.4) is 0 Å². The first kappa shape index (κ1) is 20.4. The molecule has 1 aliphatic rings. The number of fused-ring (bicyclic) bond motifs is 1. The summed E-state index contributed by atoms with van der Waals surface area (Å²) in [7, 11) is 1.86. The topological polar surface area (TPSA) is 49.6 Å². The van der Waals surface area contributed by atoms with E-state index < -0.39 is 0 Å². The molecule has 1 amide bonds. The Labute approximate surface area is 178 Å². The number of aromatic nitrogens is 1. The summed E-state index contributed by atoms with van der Waals surface area (Å²) in [6.45, 7) is 6.19. The highest BCUT2D eigenvalue weighted by molar-refractivity contribution is 5.81. The summed E-state index contributed by atoms with van der Waals surface area (Å²) < 4.78 is 5.80. The number of carbonyl (C=O) groups is 1. The van der Waals surface area contributed by atoms with Crippen molar-refractivity contribution in [2.45, 2.75) is 38.8 Å². The van der Waals surface area contributed by atoms with E-state index in [1.54, 1.807) is 4.90 Å². The van der Waals surface area contributed by atoms with Gasteiger partial charge in [0.15, 0.2) is 0 Å².